The van der Waals surface area contributed by atoms with E-state index in [-0.39, 0.29) is 6.10 Å². The van der Waals surface area contributed by atoms with E-state index in [9.17, 15) is 5.11 Å². The lowest BCUT2D eigenvalue weighted by atomic mass is 9.68. The van der Waals surface area contributed by atoms with Crippen molar-refractivity contribution in [3.05, 3.63) is 0 Å². The quantitative estimate of drug-likeness (QED) is 0.758. The Labute approximate surface area is 105 Å². The van der Waals surface area contributed by atoms with Gasteiger partial charge in [0.1, 0.15) is 0 Å². The lowest BCUT2D eigenvalue weighted by Gasteiger charge is -2.46. The Morgan fingerprint density at radius 3 is 2.24 bits per heavy atom. The molecular weight excluding hydrogens is 210 g/mol. The molecule has 2 heteroatoms. The zero-order chi connectivity index (χ0) is 12.3. The van der Waals surface area contributed by atoms with Gasteiger partial charge in [0, 0.05) is 6.04 Å². The summed E-state index contributed by atoms with van der Waals surface area (Å²) in [5, 5.41) is 10.7. The Morgan fingerprint density at radius 1 is 1.06 bits per heavy atom. The highest BCUT2D eigenvalue weighted by Gasteiger charge is 2.66. The standard InChI is InChI=1S/C15H27NO/c1-14(2)11-7-8-15(14,3)13(12(11)17)16-9-5-4-6-10-16/h11-13,17H,4-10H2,1-3H3/t11-,12+,13-,15+/m0/s1. The second kappa shape index (κ2) is 3.71. The summed E-state index contributed by atoms with van der Waals surface area (Å²) >= 11 is 0. The van der Waals surface area contributed by atoms with Crippen molar-refractivity contribution in [3.63, 3.8) is 0 Å². The van der Waals surface area contributed by atoms with Gasteiger partial charge in [-0.1, -0.05) is 27.2 Å². The van der Waals surface area contributed by atoms with Crippen molar-refractivity contribution in [1.82, 2.24) is 4.90 Å². The van der Waals surface area contributed by atoms with Gasteiger partial charge in [0.15, 0.2) is 0 Å². The highest BCUT2D eigenvalue weighted by atomic mass is 16.3. The molecule has 98 valence electrons. The topological polar surface area (TPSA) is 23.5 Å². The van der Waals surface area contributed by atoms with E-state index in [1.165, 1.54) is 45.2 Å². The molecule has 2 aliphatic carbocycles. The highest BCUT2D eigenvalue weighted by Crippen LogP contribution is 2.66. The monoisotopic (exact) mass is 237 g/mol. The number of aliphatic hydroxyl groups excluding tert-OH is 1. The SMILES string of the molecule is CC1(C)[C@H]2CC[C@]1(C)[C@@H](N1CCCCC1)[C@@H]2O. The number of fused-ring (bicyclic) bond motifs is 2. The summed E-state index contributed by atoms with van der Waals surface area (Å²) in [4.78, 5) is 2.61. The molecule has 3 rings (SSSR count). The van der Waals surface area contributed by atoms with Gasteiger partial charge in [-0.15, -0.1) is 0 Å². The minimum atomic E-state index is -0.0816. The van der Waals surface area contributed by atoms with Crippen molar-refractivity contribution >= 4 is 0 Å². The second-order valence-electron chi connectivity index (χ2n) is 7.32. The summed E-state index contributed by atoms with van der Waals surface area (Å²) in [5.74, 6) is 0.527. The number of nitrogens with zero attached hydrogens (tertiary/aromatic N) is 1. The van der Waals surface area contributed by atoms with Crippen LogP contribution < -0.4 is 0 Å². The summed E-state index contributed by atoms with van der Waals surface area (Å²) in [6, 6.07) is 0.427. The van der Waals surface area contributed by atoms with Gasteiger partial charge in [-0.3, -0.25) is 4.90 Å². The van der Waals surface area contributed by atoms with Gasteiger partial charge < -0.3 is 5.11 Å². The van der Waals surface area contributed by atoms with Crippen molar-refractivity contribution in [3.8, 4) is 0 Å². The molecule has 2 saturated carbocycles. The van der Waals surface area contributed by atoms with Crippen molar-refractivity contribution in [1.29, 1.82) is 0 Å². The molecule has 0 radical (unpaired) electrons. The maximum Gasteiger partial charge on any atom is 0.0734 e. The van der Waals surface area contributed by atoms with Crippen LogP contribution in [0.15, 0.2) is 0 Å². The van der Waals surface area contributed by atoms with Gasteiger partial charge in [0.25, 0.3) is 0 Å². The number of hydrogen-bond donors (Lipinski definition) is 1. The van der Waals surface area contributed by atoms with E-state index in [0.717, 1.165) is 0 Å². The van der Waals surface area contributed by atoms with Crippen LogP contribution in [0.1, 0.15) is 52.9 Å². The minimum absolute atomic E-state index is 0.0816. The van der Waals surface area contributed by atoms with Crippen molar-refractivity contribution in [2.75, 3.05) is 13.1 Å². The molecule has 3 aliphatic rings. The molecule has 0 spiro atoms. The fourth-order valence-corrected chi connectivity index (χ4v) is 5.10. The normalized spacial score (nSPS) is 49.8. The maximum atomic E-state index is 10.7. The lowest BCUT2D eigenvalue weighted by Crippen LogP contribution is -2.53. The third kappa shape index (κ3) is 1.40. The molecule has 17 heavy (non-hydrogen) atoms. The van der Waals surface area contributed by atoms with Crippen molar-refractivity contribution in [2.24, 2.45) is 16.7 Å². The van der Waals surface area contributed by atoms with Crippen molar-refractivity contribution < 1.29 is 5.11 Å². The molecule has 0 amide bonds. The first-order chi connectivity index (χ1) is 7.98. The Bertz CT molecular complexity index is 308. The van der Waals surface area contributed by atoms with E-state index in [1.807, 2.05) is 0 Å². The van der Waals surface area contributed by atoms with E-state index < -0.39 is 0 Å². The molecule has 0 unspecified atom stereocenters. The molecule has 2 nitrogen and oxygen atoms in total. The fraction of sp³-hybridized carbons (Fsp3) is 1.00. The Kier molecular flexibility index (Phi) is 2.61. The summed E-state index contributed by atoms with van der Waals surface area (Å²) in [6.45, 7) is 9.62. The molecule has 0 aromatic heterocycles. The summed E-state index contributed by atoms with van der Waals surface area (Å²) in [5.41, 5.74) is 0.642. The third-order valence-corrected chi connectivity index (χ3v) is 6.55. The first-order valence-electron chi connectivity index (χ1n) is 7.40. The number of piperidine rings is 1. The van der Waals surface area contributed by atoms with Gasteiger partial charge in [-0.2, -0.15) is 0 Å². The van der Waals surface area contributed by atoms with E-state index in [4.69, 9.17) is 0 Å². The number of hydrogen-bond acceptors (Lipinski definition) is 2. The molecule has 4 atom stereocenters. The Hall–Kier alpha value is -0.0800. The molecule has 2 bridgehead atoms. The Balaban J connectivity index is 1.90. The van der Waals surface area contributed by atoms with Crippen LogP contribution >= 0.6 is 0 Å². The predicted octanol–water partition coefficient (Wildman–Crippen LogP) is 2.66. The van der Waals surface area contributed by atoms with Crippen LogP contribution in [-0.2, 0) is 0 Å². The van der Waals surface area contributed by atoms with Gasteiger partial charge >= 0.3 is 0 Å². The molecule has 1 aliphatic heterocycles. The lowest BCUT2D eigenvalue weighted by molar-refractivity contribution is -0.0256. The summed E-state index contributed by atoms with van der Waals surface area (Å²) in [7, 11) is 0. The first-order valence-corrected chi connectivity index (χ1v) is 7.40. The van der Waals surface area contributed by atoms with Crippen LogP contribution in [0.3, 0.4) is 0 Å². The molecule has 0 aromatic carbocycles. The van der Waals surface area contributed by atoms with Crippen LogP contribution in [-0.4, -0.2) is 35.2 Å². The molecular formula is C15H27NO. The van der Waals surface area contributed by atoms with Gasteiger partial charge in [-0.05, 0) is 55.5 Å². The number of aliphatic hydroxyl groups is 1. The Morgan fingerprint density at radius 2 is 1.71 bits per heavy atom. The maximum absolute atomic E-state index is 10.7. The molecule has 1 N–H and O–H groups in total. The summed E-state index contributed by atoms with van der Waals surface area (Å²) < 4.78 is 0. The average Bonchev–Trinajstić information content (AvgIpc) is 2.60. The predicted molar refractivity (Wildman–Crippen MR) is 69.8 cm³/mol. The van der Waals surface area contributed by atoms with E-state index in [2.05, 4.69) is 25.7 Å². The fourth-order valence-electron chi connectivity index (χ4n) is 5.10. The minimum Gasteiger partial charge on any atom is -0.391 e. The first kappa shape index (κ1) is 12.0. The van der Waals surface area contributed by atoms with Crippen LogP contribution in [0.5, 0.6) is 0 Å². The zero-order valence-corrected chi connectivity index (χ0v) is 11.6. The van der Waals surface area contributed by atoms with Gasteiger partial charge in [0.2, 0.25) is 0 Å². The van der Waals surface area contributed by atoms with E-state index in [0.29, 0.717) is 22.8 Å². The molecule has 1 saturated heterocycles. The smallest absolute Gasteiger partial charge is 0.0734 e. The highest BCUT2D eigenvalue weighted by molar-refractivity contribution is 5.17. The van der Waals surface area contributed by atoms with Gasteiger partial charge in [0.05, 0.1) is 6.10 Å². The number of likely N-dealkylation sites (tertiary alicyclic amines) is 1. The van der Waals surface area contributed by atoms with Crippen LogP contribution in [0.4, 0.5) is 0 Å². The third-order valence-electron chi connectivity index (χ3n) is 6.55. The summed E-state index contributed by atoms with van der Waals surface area (Å²) in [6.07, 6.45) is 6.48. The second-order valence-corrected chi connectivity index (χ2v) is 7.32. The van der Waals surface area contributed by atoms with E-state index >= 15 is 0 Å². The van der Waals surface area contributed by atoms with Crippen molar-refractivity contribution in [2.45, 2.75) is 65.0 Å². The van der Waals surface area contributed by atoms with Crippen LogP contribution in [0.25, 0.3) is 0 Å². The van der Waals surface area contributed by atoms with Crippen LogP contribution in [0, 0.1) is 16.7 Å². The number of rotatable bonds is 1. The molecule has 3 fully saturated rings. The molecule has 0 aromatic rings. The largest absolute Gasteiger partial charge is 0.391 e. The molecule has 1 heterocycles. The van der Waals surface area contributed by atoms with Crippen LogP contribution in [0.2, 0.25) is 0 Å². The van der Waals surface area contributed by atoms with E-state index in [1.54, 1.807) is 0 Å². The average molecular weight is 237 g/mol. The zero-order valence-electron chi connectivity index (χ0n) is 11.6. The van der Waals surface area contributed by atoms with Gasteiger partial charge in [-0.25, -0.2) is 0 Å².